The normalized spacial score (nSPS) is 11.7. The Hall–Kier alpha value is -8.66. The molecule has 3 heteroatoms. The average molecular weight is 829 g/mol. The first-order valence-corrected chi connectivity index (χ1v) is 22.2. The summed E-state index contributed by atoms with van der Waals surface area (Å²) >= 11 is 0. The Bertz CT molecular complexity index is 3820. The molecule has 0 bridgehead atoms. The summed E-state index contributed by atoms with van der Waals surface area (Å²) in [6.45, 7) is 0. The third-order valence-electron chi connectivity index (χ3n) is 13.2. The summed E-state index contributed by atoms with van der Waals surface area (Å²) in [6, 6.07) is 87.7. The van der Waals surface area contributed by atoms with Gasteiger partial charge in [0.15, 0.2) is 0 Å². The zero-order valence-corrected chi connectivity index (χ0v) is 35.4. The van der Waals surface area contributed by atoms with Crippen LogP contribution in [0.2, 0.25) is 0 Å². The van der Waals surface area contributed by atoms with Gasteiger partial charge in [-0.1, -0.05) is 176 Å². The van der Waals surface area contributed by atoms with Crippen molar-refractivity contribution in [2.75, 3.05) is 4.90 Å². The van der Waals surface area contributed by atoms with Crippen LogP contribution in [-0.4, -0.2) is 4.57 Å². The summed E-state index contributed by atoms with van der Waals surface area (Å²) in [5.41, 5.74) is 15.6. The van der Waals surface area contributed by atoms with Gasteiger partial charge in [-0.3, -0.25) is 0 Å². The van der Waals surface area contributed by atoms with Gasteiger partial charge in [0.25, 0.3) is 0 Å². The molecular formula is C62H40N2O. The number of anilines is 3. The first-order chi connectivity index (χ1) is 32.2. The van der Waals surface area contributed by atoms with E-state index in [4.69, 9.17) is 4.42 Å². The van der Waals surface area contributed by atoms with Gasteiger partial charge in [-0.2, -0.15) is 0 Å². The van der Waals surface area contributed by atoms with E-state index < -0.39 is 0 Å². The van der Waals surface area contributed by atoms with Crippen molar-refractivity contribution in [3.63, 3.8) is 0 Å². The molecule has 0 radical (unpaired) electrons. The molecule has 3 nitrogen and oxygen atoms in total. The summed E-state index contributed by atoms with van der Waals surface area (Å²) in [6.07, 6.45) is 0. The van der Waals surface area contributed by atoms with E-state index in [1.165, 1.54) is 60.1 Å². The lowest BCUT2D eigenvalue weighted by Crippen LogP contribution is -2.10. The fourth-order valence-corrected chi connectivity index (χ4v) is 10.3. The molecular weight excluding hydrogens is 789 g/mol. The number of hydrogen-bond acceptors (Lipinski definition) is 2. The molecule has 13 aromatic rings. The molecule has 304 valence electrons. The van der Waals surface area contributed by atoms with E-state index in [0.29, 0.717) is 0 Å². The van der Waals surface area contributed by atoms with Crippen molar-refractivity contribution in [1.29, 1.82) is 0 Å². The Balaban J connectivity index is 0.972. The van der Waals surface area contributed by atoms with E-state index in [1.54, 1.807) is 0 Å². The highest BCUT2D eigenvalue weighted by Crippen LogP contribution is 2.44. The Kier molecular flexibility index (Phi) is 8.53. The fraction of sp³-hybridized carbons (Fsp3) is 0. The standard InChI is InChI=1S/C62H40N2O/c1-3-20-49-41(14-1)16-10-24-51(49)43-32-36-46(37-33-43)63(47-38-34-44(35-39-47)52-25-11-17-42-15-2-4-21-50(42)52)48-19-9-18-45(40-48)53-26-12-28-57-61(53)54-22-5-7-27-56(54)64(57)58-29-13-31-60-62(58)55-23-6-8-30-59(55)65-60/h1-40H. The molecule has 0 N–H and O–H groups in total. The van der Waals surface area contributed by atoms with Crippen molar-refractivity contribution in [3.8, 4) is 39.1 Å². The summed E-state index contributed by atoms with van der Waals surface area (Å²) in [4.78, 5) is 2.39. The van der Waals surface area contributed by atoms with E-state index in [0.717, 1.165) is 61.3 Å². The molecule has 11 aromatic carbocycles. The van der Waals surface area contributed by atoms with E-state index in [9.17, 15) is 0 Å². The van der Waals surface area contributed by atoms with Crippen LogP contribution in [0.1, 0.15) is 0 Å². The molecule has 0 aliphatic heterocycles. The fourth-order valence-electron chi connectivity index (χ4n) is 10.3. The number of nitrogens with zero attached hydrogens (tertiary/aromatic N) is 2. The van der Waals surface area contributed by atoms with Gasteiger partial charge in [0, 0.05) is 33.2 Å². The molecule has 2 heterocycles. The van der Waals surface area contributed by atoms with Crippen LogP contribution in [0, 0.1) is 0 Å². The highest BCUT2D eigenvalue weighted by Gasteiger charge is 2.21. The average Bonchev–Trinajstić information content (AvgIpc) is 3.93. The zero-order valence-electron chi connectivity index (χ0n) is 35.4. The van der Waals surface area contributed by atoms with Crippen LogP contribution >= 0.6 is 0 Å². The number of fused-ring (bicyclic) bond motifs is 8. The van der Waals surface area contributed by atoms with Crippen LogP contribution in [0.4, 0.5) is 17.1 Å². The van der Waals surface area contributed by atoms with Crippen molar-refractivity contribution in [2.45, 2.75) is 0 Å². The molecule has 0 amide bonds. The highest BCUT2D eigenvalue weighted by atomic mass is 16.3. The highest BCUT2D eigenvalue weighted by molar-refractivity contribution is 6.18. The van der Waals surface area contributed by atoms with Gasteiger partial charge < -0.3 is 13.9 Å². The molecule has 0 unspecified atom stereocenters. The zero-order chi connectivity index (χ0) is 42.8. The number of hydrogen-bond donors (Lipinski definition) is 0. The second-order valence-electron chi connectivity index (χ2n) is 16.8. The maximum Gasteiger partial charge on any atom is 0.137 e. The Morgan fingerprint density at radius 1 is 0.308 bits per heavy atom. The topological polar surface area (TPSA) is 21.3 Å². The molecule has 2 aromatic heterocycles. The first-order valence-electron chi connectivity index (χ1n) is 22.2. The van der Waals surface area contributed by atoms with Crippen molar-refractivity contribution in [3.05, 3.63) is 243 Å². The van der Waals surface area contributed by atoms with E-state index in [1.807, 2.05) is 6.07 Å². The lowest BCUT2D eigenvalue weighted by molar-refractivity contribution is 0.669. The van der Waals surface area contributed by atoms with Crippen molar-refractivity contribution >= 4 is 82.4 Å². The van der Waals surface area contributed by atoms with Crippen LogP contribution in [0.5, 0.6) is 0 Å². The van der Waals surface area contributed by atoms with Crippen molar-refractivity contribution < 1.29 is 4.42 Å². The number of benzene rings is 11. The van der Waals surface area contributed by atoms with Crippen LogP contribution in [-0.2, 0) is 0 Å². The monoisotopic (exact) mass is 828 g/mol. The molecule has 0 spiro atoms. The first kappa shape index (κ1) is 36.9. The maximum absolute atomic E-state index is 6.39. The molecule has 0 saturated heterocycles. The van der Waals surface area contributed by atoms with Crippen LogP contribution < -0.4 is 4.90 Å². The predicted octanol–water partition coefficient (Wildman–Crippen LogP) is 17.5. The van der Waals surface area contributed by atoms with Gasteiger partial charge in [-0.05, 0) is 122 Å². The second kappa shape index (κ2) is 15.0. The minimum absolute atomic E-state index is 0.883. The molecule has 0 aliphatic carbocycles. The molecule has 13 rings (SSSR count). The van der Waals surface area contributed by atoms with Gasteiger partial charge in [0.2, 0.25) is 0 Å². The van der Waals surface area contributed by atoms with Crippen LogP contribution in [0.15, 0.2) is 247 Å². The lowest BCUT2D eigenvalue weighted by atomic mass is 9.97. The molecule has 0 atom stereocenters. The van der Waals surface area contributed by atoms with E-state index >= 15 is 0 Å². The van der Waals surface area contributed by atoms with Crippen LogP contribution in [0.25, 0.3) is 104 Å². The number of furan rings is 1. The third kappa shape index (κ3) is 6.05. The quantitative estimate of drug-likeness (QED) is 0.160. The smallest absolute Gasteiger partial charge is 0.137 e. The Morgan fingerprint density at radius 2 is 0.815 bits per heavy atom. The third-order valence-corrected chi connectivity index (χ3v) is 13.2. The SMILES string of the molecule is c1cc(-c2cccc3c2c2ccccc2n3-c2cccc3oc4ccccc4c23)cc(N(c2ccc(-c3cccc4ccccc34)cc2)c2ccc(-c3cccc4ccccc34)cc2)c1. The summed E-state index contributed by atoms with van der Waals surface area (Å²) in [7, 11) is 0. The summed E-state index contributed by atoms with van der Waals surface area (Å²) in [5, 5.41) is 9.64. The molecule has 0 fully saturated rings. The molecule has 0 aliphatic rings. The number of para-hydroxylation sites is 2. The Morgan fingerprint density at radius 3 is 1.51 bits per heavy atom. The van der Waals surface area contributed by atoms with Gasteiger partial charge in [0.05, 0.1) is 22.1 Å². The minimum Gasteiger partial charge on any atom is -0.456 e. The van der Waals surface area contributed by atoms with Gasteiger partial charge in [-0.25, -0.2) is 0 Å². The van der Waals surface area contributed by atoms with Crippen LogP contribution in [0.3, 0.4) is 0 Å². The minimum atomic E-state index is 0.883. The second-order valence-corrected chi connectivity index (χ2v) is 16.8. The van der Waals surface area contributed by atoms with Gasteiger partial charge >= 0.3 is 0 Å². The van der Waals surface area contributed by atoms with Crippen molar-refractivity contribution in [2.24, 2.45) is 0 Å². The Labute approximate surface area is 376 Å². The maximum atomic E-state index is 6.39. The van der Waals surface area contributed by atoms with E-state index in [2.05, 4.69) is 246 Å². The largest absolute Gasteiger partial charge is 0.456 e. The predicted molar refractivity (Wildman–Crippen MR) is 274 cm³/mol. The van der Waals surface area contributed by atoms with Gasteiger partial charge in [0.1, 0.15) is 11.2 Å². The summed E-state index contributed by atoms with van der Waals surface area (Å²) in [5.74, 6) is 0. The van der Waals surface area contributed by atoms with Crippen molar-refractivity contribution in [1.82, 2.24) is 4.57 Å². The van der Waals surface area contributed by atoms with Gasteiger partial charge in [-0.15, -0.1) is 0 Å². The number of aromatic nitrogens is 1. The molecule has 65 heavy (non-hydrogen) atoms. The molecule has 0 saturated carbocycles. The lowest BCUT2D eigenvalue weighted by Gasteiger charge is -2.26. The number of rotatable bonds is 7. The summed E-state index contributed by atoms with van der Waals surface area (Å²) < 4.78 is 8.81. The van der Waals surface area contributed by atoms with E-state index in [-0.39, 0.29) is 0 Å².